The SMILES string of the molecule is CC(c1ccccn1)N1C(C2CCN(C(=O)c3cccc4c(-c5cccc(F)c5)nn(C)c34)CC2)=C[I-]c2ccccc21. The van der Waals surface area contributed by atoms with Crippen LogP contribution in [-0.4, -0.2) is 38.7 Å². The van der Waals surface area contributed by atoms with Crippen molar-refractivity contribution in [2.24, 2.45) is 13.0 Å². The van der Waals surface area contributed by atoms with Gasteiger partial charge in [-0.1, -0.05) is 12.1 Å². The number of carbonyl (C=O) groups excluding carboxylic acids is 1. The van der Waals surface area contributed by atoms with Crippen LogP contribution >= 0.6 is 0 Å². The Morgan fingerprint density at radius 3 is 2.56 bits per heavy atom. The Bertz CT molecular complexity index is 1840. The van der Waals surface area contributed by atoms with E-state index < -0.39 is 0 Å². The van der Waals surface area contributed by atoms with Gasteiger partial charge in [-0.2, -0.15) is 0 Å². The van der Waals surface area contributed by atoms with Gasteiger partial charge in [0.1, 0.15) is 5.82 Å². The molecule has 0 radical (unpaired) electrons. The van der Waals surface area contributed by atoms with E-state index in [4.69, 9.17) is 10.1 Å². The Labute approximate surface area is 261 Å². The number of para-hydroxylation sites is 2. The molecule has 7 rings (SSSR count). The molecule has 0 aliphatic carbocycles. The molecule has 8 heteroatoms. The van der Waals surface area contributed by atoms with Gasteiger partial charge in [-0.15, -0.1) is 0 Å². The zero-order valence-corrected chi connectivity index (χ0v) is 26.3. The van der Waals surface area contributed by atoms with Crippen LogP contribution in [-0.2, 0) is 7.05 Å². The van der Waals surface area contributed by atoms with Gasteiger partial charge in [-0.05, 0) is 12.1 Å². The average molecular weight is 685 g/mol. The van der Waals surface area contributed by atoms with Crippen LogP contribution in [0.15, 0.2) is 101 Å². The molecule has 0 bridgehead atoms. The fourth-order valence-corrected chi connectivity index (χ4v) is 9.06. The van der Waals surface area contributed by atoms with Gasteiger partial charge in [-0.25, -0.2) is 4.39 Å². The number of allylic oxidation sites excluding steroid dienone is 1. The van der Waals surface area contributed by atoms with Crippen molar-refractivity contribution in [3.05, 3.63) is 122 Å². The average Bonchev–Trinajstić information content (AvgIpc) is 3.40. The Morgan fingerprint density at radius 2 is 1.77 bits per heavy atom. The number of halogens is 2. The molecule has 2 aliphatic rings. The van der Waals surface area contributed by atoms with Gasteiger partial charge in [0.25, 0.3) is 0 Å². The number of anilines is 1. The summed E-state index contributed by atoms with van der Waals surface area (Å²) in [6, 6.07) is 27.2. The molecule has 5 aromatic rings. The number of piperidine rings is 1. The van der Waals surface area contributed by atoms with E-state index in [0.717, 1.165) is 29.4 Å². The van der Waals surface area contributed by atoms with E-state index in [1.165, 1.54) is 27.1 Å². The molecule has 1 unspecified atom stereocenters. The van der Waals surface area contributed by atoms with Crippen LogP contribution in [0.1, 0.15) is 41.9 Å². The predicted octanol–water partition coefficient (Wildman–Crippen LogP) is 4.01. The van der Waals surface area contributed by atoms with Gasteiger partial charge in [0, 0.05) is 0 Å². The summed E-state index contributed by atoms with van der Waals surface area (Å²) in [7, 11) is 1.85. The standard InChI is InChI=1S/C35H32FIN5O/c1-23(30-14-5-6-18-38-30)42-31-15-4-3-13-29(31)37-22-32(42)24-16-19-41(20-17-24)35(43)28-12-8-11-27-33(39-40(2)34(27)28)25-9-7-10-26(36)21-25/h3-15,18,21-24H,16-17,19-20H2,1-2H3/q-1. The Hall–Kier alpha value is -4.05. The first-order chi connectivity index (χ1) is 21.0. The van der Waals surface area contributed by atoms with E-state index in [1.807, 2.05) is 48.5 Å². The summed E-state index contributed by atoms with van der Waals surface area (Å²) in [6.45, 7) is 3.62. The Balaban J connectivity index is 1.14. The number of hydrogen-bond acceptors (Lipinski definition) is 4. The number of likely N-dealkylation sites (tertiary alicyclic amines) is 1. The molecule has 4 heterocycles. The fraction of sp³-hybridized carbons (Fsp3) is 0.229. The number of benzene rings is 3. The summed E-state index contributed by atoms with van der Waals surface area (Å²) in [5, 5.41) is 5.54. The molecular weight excluding hydrogens is 652 g/mol. The third kappa shape index (κ3) is 5.11. The molecule has 218 valence electrons. The number of amides is 1. The topological polar surface area (TPSA) is 54.3 Å². The van der Waals surface area contributed by atoms with Crippen molar-refractivity contribution in [2.45, 2.75) is 25.8 Å². The van der Waals surface area contributed by atoms with Crippen LogP contribution in [0.25, 0.3) is 22.2 Å². The number of nitrogens with zero attached hydrogens (tertiary/aromatic N) is 5. The van der Waals surface area contributed by atoms with Crippen molar-refractivity contribution >= 4 is 22.5 Å². The van der Waals surface area contributed by atoms with Crippen molar-refractivity contribution in [3.8, 4) is 11.3 Å². The predicted molar refractivity (Wildman–Crippen MR) is 163 cm³/mol. The second-order valence-electron chi connectivity index (χ2n) is 11.1. The molecule has 6 nitrogen and oxygen atoms in total. The molecule has 1 saturated heterocycles. The zero-order valence-electron chi connectivity index (χ0n) is 24.1. The molecule has 43 heavy (non-hydrogen) atoms. The minimum atomic E-state index is -0.307. The van der Waals surface area contributed by atoms with Crippen LogP contribution in [0.5, 0.6) is 0 Å². The third-order valence-corrected chi connectivity index (χ3v) is 11.1. The van der Waals surface area contributed by atoms with Crippen LogP contribution in [0, 0.1) is 15.3 Å². The van der Waals surface area contributed by atoms with Gasteiger partial charge in [-0.3, -0.25) is 0 Å². The van der Waals surface area contributed by atoms with Crippen molar-refractivity contribution in [3.63, 3.8) is 0 Å². The van der Waals surface area contributed by atoms with Gasteiger partial charge < -0.3 is 0 Å². The second-order valence-corrected chi connectivity index (χ2v) is 13.6. The van der Waals surface area contributed by atoms with Crippen molar-refractivity contribution in [2.75, 3.05) is 18.0 Å². The molecule has 3 aromatic carbocycles. The summed E-state index contributed by atoms with van der Waals surface area (Å²) in [5.74, 6) is 0.0837. The number of aromatic nitrogens is 3. The summed E-state index contributed by atoms with van der Waals surface area (Å²) >= 11 is -0.237. The molecule has 1 amide bonds. The van der Waals surface area contributed by atoms with E-state index in [2.05, 4.69) is 52.3 Å². The molecule has 0 N–H and O–H groups in total. The first kappa shape index (κ1) is 27.8. The fourth-order valence-electron chi connectivity index (χ4n) is 6.43. The van der Waals surface area contributed by atoms with Crippen LogP contribution in [0.4, 0.5) is 10.1 Å². The first-order valence-electron chi connectivity index (χ1n) is 14.6. The number of pyridine rings is 1. The van der Waals surface area contributed by atoms with E-state index >= 15 is 0 Å². The van der Waals surface area contributed by atoms with E-state index in [9.17, 15) is 9.18 Å². The third-order valence-electron chi connectivity index (χ3n) is 8.57. The summed E-state index contributed by atoms with van der Waals surface area (Å²) in [5.41, 5.74) is 6.52. The Morgan fingerprint density at radius 1 is 0.977 bits per heavy atom. The molecule has 1 fully saturated rings. The number of aryl methyl sites for hydroxylation is 1. The maximum absolute atomic E-state index is 14.0. The van der Waals surface area contributed by atoms with E-state index in [-0.39, 0.29) is 39.0 Å². The van der Waals surface area contributed by atoms with Gasteiger partial charge >= 0.3 is 228 Å². The molecule has 2 aromatic heterocycles. The van der Waals surface area contributed by atoms with Crippen LogP contribution in [0.3, 0.4) is 0 Å². The molecule has 0 spiro atoms. The van der Waals surface area contributed by atoms with Crippen molar-refractivity contribution < 1.29 is 30.4 Å². The quantitative estimate of drug-likeness (QED) is 0.263. The van der Waals surface area contributed by atoms with Gasteiger partial charge in [0.05, 0.1) is 0 Å². The normalized spacial score (nSPS) is 16.4. The zero-order chi connectivity index (χ0) is 29.5. The number of carbonyl (C=O) groups is 1. The van der Waals surface area contributed by atoms with Crippen LogP contribution < -0.4 is 26.1 Å². The molecule has 0 saturated carbocycles. The molecular formula is C35H32FIN5O-. The van der Waals surface area contributed by atoms with Gasteiger partial charge in [0.15, 0.2) is 0 Å². The summed E-state index contributed by atoms with van der Waals surface area (Å²) < 4.78 is 19.7. The summed E-state index contributed by atoms with van der Waals surface area (Å²) in [6.07, 6.45) is 3.68. The van der Waals surface area contributed by atoms with E-state index in [0.29, 0.717) is 35.8 Å². The monoisotopic (exact) mass is 684 g/mol. The molecule has 2 aliphatic heterocycles. The Kier molecular flexibility index (Phi) is 7.46. The first-order valence-corrected chi connectivity index (χ1v) is 17.0. The number of fused-ring (bicyclic) bond motifs is 2. The number of hydrogen-bond donors (Lipinski definition) is 0. The summed E-state index contributed by atoms with van der Waals surface area (Å²) in [4.78, 5) is 23.1. The molecule has 1 atom stereocenters. The van der Waals surface area contributed by atoms with Crippen molar-refractivity contribution in [1.29, 1.82) is 0 Å². The van der Waals surface area contributed by atoms with E-state index in [1.54, 1.807) is 10.7 Å². The van der Waals surface area contributed by atoms with Crippen molar-refractivity contribution in [1.82, 2.24) is 19.7 Å². The second kappa shape index (κ2) is 11.6. The maximum atomic E-state index is 14.0. The van der Waals surface area contributed by atoms with Crippen LogP contribution in [0.2, 0.25) is 0 Å². The van der Waals surface area contributed by atoms with Gasteiger partial charge in [0.2, 0.25) is 0 Å². The minimum absolute atomic E-state index is 0.0203. The number of rotatable bonds is 5.